The molecule has 0 unspecified atom stereocenters. The average molecular weight is 372 g/mol. The van der Waals surface area contributed by atoms with Gasteiger partial charge in [0.25, 0.3) is 0 Å². The first-order valence-electron chi connectivity index (χ1n) is 8.56. The minimum Gasteiger partial charge on any atom is -0.367 e. The maximum absolute atomic E-state index is 13.0. The summed E-state index contributed by atoms with van der Waals surface area (Å²) >= 11 is 5.98. The van der Waals surface area contributed by atoms with Crippen molar-refractivity contribution in [1.82, 2.24) is 14.9 Å². The van der Waals surface area contributed by atoms with Crippen molar-refractivity contribution in [2.75, 3.05) is 6.54 Å². The Morgan fingerprint density at radius 2 is 1.92 bits per heavy atom. The summed E-state index contributed by atoms with van der Waals surface area (Å²) in [4.78, 5) is 4.48. The van der Waals surface area contributed by atoms with Crippen LogP contribution in [-0.2, 0) is 24.4 Å². The second kappa shape index (κ2) is 7.58. The van der Waals surface area contributed by atoms with E-state index in [0.29, 0.717) is 13.2 Å². The molecule has 4 nitrogen and oxygen atoms in total. The quantitative estimate of drug-likeness (QED) is 0.736. The molecule has 1 aliphatic rings. The summed E-state index contributed by atoms with van der Waals surface area (Å²) < 4.78 is 21.1. The molecular formula is C20H19ClFN3O. The van der Waals surface area contributed by atoms with Crippen molar-refractivity contribution in [2.24, 2.45) is 0 Å². The van der Waals surface area contributed by atoms with Crippen molar-refractivity contribution in [3.63, 3.8) is 0 Å². The largest absolute Gasteiger partial charge is 0.367 e. The van der Waals surface area contributed by atoms with Gasteiger partial charge in [0.15, 0.2) is 0 Å². The van der Waals surface area contributed by atoms with Gasteiger partial charge in [0, 0.05) is 18.1 Å². The fourth-order valence-corrected chi connectivity index (χ4v) is 3.26. The van der Waals surface area contributed by atoms with Crippen LogP contribution in [0.5, 0.6) is 0 Å². The SMILES string of the molecule is Fc1ccc(CNC[C@H]2Cn3c(-c4ccc(Cl)cc4)cnc3CO2)cc1. The Hall–Kier alpha value is -2.21. The highest BCUT2D eigenvalue weighted by Crippen LogP contribution is 2.26. The molecule has 0 saturated carbocycles. The summed E-state index contributed by atoms with van der Waals surface area (Å²) in [5, 5.41) is 4.10. The Labute approximate surface area is 156 Å². The van der Waals surface area contributed by atoms with Gasteiger partial charge in [0.2, 0.25) is 0 Å². The molecule has 134 valence electrons. The number of benzene rings is 2. The number of hydrogen-bond donors (Lipinski definition) is 1. The van der Waals surface area contributed by atoms with Gasteiger partial charge >= 0.3 is 0 Å². The van der Waals surface area contributed by atoms with Gasteiger partial charge in [-0.25, -0.2) is 9.37 Å². The Morgan fingerprint density at radius 3 is 2.69 bits per heavy atom. The summed E-state index contributed by atoms with van der Waals surface area (Å²) in [7, 11) is 0. The van der Waals surface area contributed by atoms with Crippen LogP contribution < -0.4 is 5.32 Å². The van der Waals surface area contributed by atoms with Gasteiger partial charge in [0.05, 0.1) is 24.5 Å². The van der Waals surface area contributed by atoms with Crippen LogP contribution in [0.15, 0.2) is 54.7 Å². The van der Waals surface area contributed by atoms with Crippen LogP contribution in [0, 0.1) is 5.82 Å². The lowest BCUT2D eigenvalue weighted by atomic mass is 10.1. The van der Waals surface area contributed by atoms with E-state index in [0.717, 1.165) is 40.8 Å². The van der Waals surface area contributed by atoms with Crippen molar-refractivity contribution in [3.8, 4) is 11.3 Å². The molecule has 0 aliphatic carbocycles. The first-order valence-corrected chi connectivity index (χ1v) is 8.94. The Morgan fingerprint density at radius 1 is 1.15 bits per heavy atom. The van der Waals surface area contributed by atoms with Gasteiger partial charge in [0.1, 0.15) is 18.2 Å². The molecule has 1 N–H and O–H groups in total. The summed E-state index contributed by atoms with van der Waals surface area (Å²) in [6, 6.07) is 14.3. The molecule has 0 saturated heterocycles. The third-order valence-corrected chi connectivity index (χ3v) is 4.78. The highest BCUT2D eigenvalue weighted by molar-refractivity contribution is 6.30. The van der Waals surface area contributed by atoms with Crippen LogP contribution in [-0.4, -0.2) is 22.2 Å². The number of imidazole rings is 1. The van der Waals surface area contributed by atoms with Gasteiger partial charge in [-0.15, -0.1) is 0 Å². The molecule has 26 heavy (non-hydrogen) atoms. The topological polar surface area (TPSA) is 39.1 Å². The number of ether oxygens (including phenoxy) is 1. The van der Waals surface area contributed by atoms with Gasteiger partial charge in [-0.2, -0.15) is 0 Å². The number of fused-ring (bicyclic) bond motifs is 1. The molecule has 1 aliphatic heterocycles. The van der Waals surface area contributed by atoms with Crippen LogP contribution in [0.3, 0.4) is 0 Å². The Balaban J connectivity index is 1.40. The maximum Gasteiger partial charge on any atom is 0.135 e. The Bertz CT molecular complexity index is 877. The van der Waals surface area contributed by atoms with Crippen LogP contribution in [0.2, 0.25) is 5.02 Å². The summed E-state index contributed by atoms with van der Waals surface area (Å²) in [6.07, 6.45) is 1.94. The Kier molecular flexibility index (Phi) is 5.02. The van der Waals surface area contributed by atoms with E-state index in [1.54, 1.807) is 12.1 Å². The van der Waals surface area contributed by atoms with Gasteiger partial charge in [-0.3, -0.25) is 0 Å². The maximum atomic E-state index is 13.0. The molecule has 3 aromatic rings. The summed E-state index contributed by atoms with van der Waals surface area (Å²) in [6.45, 7) is 2.64. The van der Waals surface area contributed by atoms with E-state index in [-0.39, 0.29) is 11.9 Å². The number of rotatable bonds is 5. The summed E-state index contributed by atoms with van der Waals surface area (Å²) in [5.74, 6) is 0.719. The lowest BCUT2D eigenvalue weighted by Crippen LogP contribution is -2.36. The van der Waals surface area contributed by atoms with E-state index in [1.807, 2.05) is 30.5 Å². The number of halogens is 2. The van der Waals surface area contributed by atoms with Crippen LogP contribution in [0.4, 0.5) is 4.39 Å². The van der Waals surface area contributed by atoms with Crippen molar-refractivity contribution in [2.45, 2.75) is 25.8 Å². The van der Waals surface area contributed by atoms with Crippen LogP contribution in [0.1, 0.15) is 11.4 Å². The molecule has 0 radical (unpaired) electrons. The first-order chi connectivity index (χ1) is 12.7. The number of aromatic nitrogens is 2. The van der Waals surface area contributed by atoms with E-state index in [2.05, 4.69) is 14.9 Å². The molecule has 1 atom stereocenters. The number of hydrogen-bond acceptors (Lipinski definition) is 3. The third kappa shape index (κ3) is 3.80. The van der Waals surface area contributed by atoms with Gasteiger partial charge < -0.3 is 14.6 Å². The lowest BCUT2D eigenvalue weighted by molar-refractivity contribution is 0.00326. The first kappa shape index (κ1) is 17.2. The normalized spacial score (nSPS) is 16.5. The van der Waals surface area contributed by atoms with Crippen LogP contribution >= 0.6 is 11.6 Å². The third-order valence-electron chi connectivity index (χ3n) is 4.53. The number of nitrogens with one attached hydrogen (secondary N) is 1. The van der Waals surface area contributed by atoms with Crippen LogP contribution in [0.25, 0.3) is 11.3 Å². The lowest BCUT2D eigenvalue weighted by Gasteiger charge is -2.26. The minimum absolute atomic E-state index is 0.0585. The van der Waals surface area contributed by atoms with Gasteiger partial charge in [-0.05, 0) is 35.4 Å². The predicted molar refractivity (Wildman–Crippen MR) is 99.4 cm³/mol. The van der Waals surface area contributed by atoms with E-state index < -0.39 is 0 Å². The summed E-state index contributed by atoms with van der Waals surface area (Å²) in [5.41, 5.74) is 3.21. The van der Waals surface area contributed by atoms with E-state index in [1.165, 1.54) is 12.1 Å². The smallest absolute Gasteiger partial charge is 0.135 e. The molecule has 0 fully saturated rings. The van der Waals surface area contributed by atoms with Crippen molar-refractivity contribution < 1.29 is 9.13 Å². The molecule has 0 spiro atoms. The monoisotopic (exact) mass is 371 g/mol. The molecule has 4 rings (SSSR count). The standard InChI is InChI=1S/C20H19ClFN3O/c21-16-5-3-15(4-6-16)19-11-24-20-13-26-18(12-25(19)20)10-23-9-14-1-7-17(22)8-2-14/h1-8,11,18,23H,9-10,12-13H2/t18-/m0/s1. The predicted octanol–water partition coefficient (Wildman–Crippen LogP) is 4.03. The zero-order valence-electron chi connectivity index (χ0n) is 14.2. The average Bonchev–Trinajstić information content (AvgIpc) is 3.07. The molecule has 2 heterocycles. The number of nitrogens with zero attached hydrogens (tertiary/aromatic N) is 2. The highest BCUT2D eigenvalue weighted by Gasteiger charge is 2.22. The fraction of sp³-hybridized carbons (Fsp3) is 0.250. The molecular weight excluding hydrogens is 353 g/mol. The van der Waals surface area contributed by atoms with Crippen molar-refractivity contribution in [3.05, 3.63) is 77.0 Å². The molecule has 0 bridgehead atoms. The van der Waals surface area contributed by atoms with Crippen molar-refractivity contribution >= 4 is 11.6 Å². The van der Waals surface area contributed by atoms with E-state index in [4.69, 9.17) is 16.3 Å². The second-order valence-corrected chi connectivity index (χ2v) is 6.80. The minimum atomic E-state index is -0.216. The van der Waals surface area contributed by atoms with Gasteiger partial charge in [-0.1, -0.05) is 35.9 Å². The fourth-order valence-electron chi connectivity index (χ4n) is 3.14. The molecule has 2 aromatic carbocycles. The second-order valence-electron chi connectivity index (χ2n) is 6.37. The van der Waals surface area contributed by atoms with E-state index >= 15 is 0 Å². The molecule has 1 aromatic heterocycles. The highest BCUT2D eigenvalue weighted by atomic mass is 35.5. The van der Waals surface area contributed by atoms with E-state index in [9.17, 15) is 4.39 Å². The molecule has 0 amide bonds. The molecule has 6 heteroatoms. The van der Waals surface area contributed by atoms with Crippen molar-refractivity contribution in [1.29, 1.82) is 0 Å². The zero-order valence-corrected chi connectivity index (χ0v) is 14.9. The zero-order chi connectivity index (χ0) is 17.9.